The largest absolute Gasteiger partial charge is 0.496 e. The third kappa shape index (κ3) is 6.13. The van der Waals surface area contributed by atoms with Crippen molar-refractivity contribution in [2.24, 2.45) is 5.10 Å². The van der Waals surface area contributed by atoms with E-state index in [1.807, 2.05) is 47.8 Å². The maximum atomic E-state index is 12.1. The summed E-state index contributed by atoms with van der Waals surface area (Å²) in [6.45, 7) is 2.07. The average Bonchev–Trinajstić information content (AvgIpc) is 3.39. The van der Waals surface area contributed by atoms with Crippen LogP contribution in [0.2, 0.25) is 0 Å². The number of hydrogen-bond acceptors (Lipinski definition) is 7. The summed E-state index contributed by atoms with van der Waals surface area (Å²) in [5.41, 5.74) is 5.78. The van der Waals surface area contributed by atoms with Crippen molar-refractivity contribution in [1.82, 2.24) is 5.43 Å². The Kier molecular flexibility index (Phi) is 8.23. The predicted octanol–water partition coefficient (Wildman–Crippen LogP) is 4.69. The molecule has 32 heavy (non-hydrogen) atoms. The molecule has 0 spiro atoms. The second-order valence-electron chi connectivity index (χ2n) is 7.70. The van der Waals surface area contributed by atoms with E-state index < -0.39 is 0 Å². The highest BCUT2D eigenvalue weighted by atomic mass is 32.2. The molecule has 170 valence electrons. The Morgan fingerprint density at radius 3 is 2.59 bits per heavy atom. The standard InChI is InChI=1S/C24H29N3O3S2/c1-29-22-15-20(27-11-3-2-4-12-27)8-5-19(22)16-25-26-23(28)17-30-21-9-6-18(7-10-21)24-31-13-14-32-24/h5-10,15-16,24H,2-4,11-14,17H2,1H3,(H,26,28)/b25-16-. The van der Waals surface area contributed by atoms with Crippen molar-refractivity contribution in [3.05, 3.63) is 53.6 Å². The smallest absolute Gasteiger partial charge is 0.277 e. The lowest BCUT2D eigenvalue weighted by Gasteiger charge is -2.29. The van der Waals surface area contributed by atoms with Gasteiger partial charge in [-0.25, -0.2) is 5.43 Å². The van der Waals surface area contributed by atoms with E-state index in [1.54, 1.807) is 13.3 Å². The van der Waals surface area contributed by atoms with Crippen LogP contribution < -0.4 is 19.8 Å². The molecule has 1 amide bonds. The fourth-order valence-electron chi connectivity index (χ4n) is 3.78. The lowest BCUT2D eigenvalue weighted by atomic mass is 10.1. The van der Waals surface area contributed by atoms with E-state index in [9.17, 15) is 4.79 Å². The van der Waals surface area contributed by atoms with Gasteiger partial charge in [0.2, 0.25) is 0 Å². The molecule has 0 unspecified atom stereocenters. The molecule has 2 heterocycles. The molecule has 8 heteroatoms. The summed E-state index contributed by atoms with van der Waals surface area (Å²) in [5.74, 6) is 3.50. The zero-order valence-electron chi connectivity index (χ0n) is 18.3. The molecule has 4 rings (SSSR count). The van der Waals surface area contributed by atoms with E-state index in [-0.39, 0.29) is 12.5 Å². The first kappa shape index (κ1) is 22.9. The van der Waals surface area contributed by atoms with Gasteiger partial charge in [0.15, 0.2) is 6.61 Å². The van der Waals surface area contributed by atoms with Gasteiger partial charge >= 0.3 is 0 Å². The molecule has 0 saturated carbocycles. The normalized spacial score (nSPS) is 17.0. The SMILES string of the molecule is COc1cc(N2CCCCC2)ccc1/C=N\NC(=O)COc1ccc(C2SCCS2)cc1. The Balaban J connectivity index is 1.26. The number of nitrogens with zero attached hydrogens (tertiary/aromatic N) is 2. The van der Waals surface area contributed by atoms with Crippen molar-refractivity contribution in [2.75, 3.05) is 43.2 Å². The molecule has 2 aliphatic heterocycles. The van der Waals surface area contributed by atoms with Gasteiger partial charge < -0.3 is 14.4 Å². The third-order valence-corrected chi connectivity index (χ3v) is 8.58. The summed E-state index contributed by atoms with van der Waals surface area (Å²) in [7, 11) is 1.65. The van der Waals surface area contributed by atoms with Gasteiger partial charge in [-0.3, -0.25) is 4.79 Å². The fraction of sp³-hybridized carbons (Fsp3) is 0.417. The number of piperidine rings is 1. The lowest BCUT2D eigenvalue weighted by molar-refractivity contribution is -0.123. The van der Waals surface area contributed by atoms with Gasteiger partial charge in [-0.2, -0.15) is 5.10 Å². The van der Waals surface area contributed by atoms with Gasteiger partial charge in [0, 0.05) is 41.9 Å². The van der Waals surface area contributed by atoms with Gasteiger partial charge in [0.1, 0.15) is 11.5 Å². The maximum Gasteiger partial charge on any atom is 0.277 e. The third-order valence-electron chi connectivity index (χ3n) is 5.48. The number of ether oxygens (including phenoxy) is 2. The van der Waals surface area contributed by atoms with Crippen LogP contribution in [0.5, 0.6) is 11.5 Å². The molecule has 2 aromatic rings. The maximum absolute atomic E-state index is 12.1. The second kappa shape index (κ2) is 11.5. The number of nitrogens with one attached hydrogen (secondary N) is 1. The van der Waals surface area contributed by atoms with Gasteiger partial charge in [-0.1, -0.05) is 12.1 Å². The van der Waals surface area contributed by atoms with Crippen molar-refractivity contribution < 1.29 is 14.3 Å². The number of hydrogen-bond donors (Lipinski definition) is 1. The zero-order valence-corrected chi connectivity index (χ0v) is 19.9. The van der Waals surface area contributed by atoms with E-state index in [1.165, 1.54) is 36.3 Å². The highest BCUT2D eigenvalue weighted by Crippen LogP contribution is 2.45. The minimum atomic E-state index is -0.309. The minimum Gasteiger partial charge on any atom is -0.496 e. The number of carbonyl (C=O) groups is 1. The predicted molar refractivity (Wildman–Crippen MR) is 134 cm³/mol. The Hall–Kier alpha value is -2.32. The van der Waals surface area contributed by atoms with Gasteiger partial charge in [0.25, 0.3) is 5.91 Å². The summed E-state index contributed by atoms with van der Waals surface area (Å²) in [5, 5.41) is 4.07. The molecule has 2 aliphatic rings. The molecule has 2 fully saturated rings. The second-order valence-corrected chi connectivity index (χ2v) is 10.4. The quantitative estimate of drug-likeness (QED) is 0.445. The molecular formula is C24H29N3O3S2. The summed E-state index contributed by atoms with van der Waals surface area (Å²) in [4.78, 5) is 14.5. The van der Waals surface area contributed by atoms with Crippen LogP contribution in [0.1, 0.15) is 35.0 Å². The number of rotatable bonds is 8. The van der Waals surface area contributed by atoms with Crippen LogP contribution >= 0.6 is 23.5 Å². The number of benzene rings is 2. The minimum absolute atomic E-state index is 0.0886. The van der Waals surface area contributed by atoms with Crippen LogP contribution in [0.3, 0.4) is 0 Å². The topological polar surface area (TPSA) is 63.2 Å². The number of amides is 1. The van der Waals surface area contributed by atoms with Crippen molar-refractivity contribution >= 4 is 41.3 Å². The van der Waals surface area contributed by atoms with E-state index in [4.69, 9.17) is 9.47 Å². The number of thioether (sulfide) groups is 2. The summed E-state index contributed by atoms with van der Waals surface area (Å²) < 4.78 is 11.6. The molecule has 0 atom stereocenters. The fourth-order valence-corrected chi connectivity index (χ4v) is 6.64. The molecule has 2 saturated heterocycles. The van der Waals surface area contributed by atoms with E-state index >= 15 is 0 Å². The van der Waals surface area contributed by atoms with Gasteiger partial charge in [0.05, 0.1) is 17.9 Å². The molecule has 0 aromatic heterocycles. The molecular weight excluding hydrogens is 442 g/mol. The van der Waals surface area contributed by atoms with Crippen molar-refractivity contribution in [1.29, 1.82) is 0 Å². The van der Waals surface area contributed by atoms with Crippen LogP contribution in [0.25, 0.3) is 0 Å². The van der Waals surface area contributed by atoms with Crippen LogP contribution in [0.4, 0.5) is 5.69 Å². The molecule has 0 radical (unpaired) electrons. The lowest BCUT2D eigenvalue weighted by Crippen LogP contribution is -2.29. The highest BCUT2D eigenvalue weighted by molar-refractivity contribution is 8.19. The van der Waals surface area contributed by atoms with Crippen molar-refractivity contribution in [3.63, 3.8) is 0 Å². The van der Waals surface area contributed by atoms with Crippen molar-refractivity contribution in [2.45, 2.75) is 23.8 Å². The summed E-state index contributed by atoms with van der Waals surface area (Å²) in [6.07, 6.45) is 5.35. The first-order valence-electron chi connectivity index (χ1n) is 10.9. The Bertz CT molecular complexity index is 925. The first-order chi connectivity index (χ1) is 15.7. The first-order valence-corrected chi connectivity index (χ1v) is 13.0. The molecule has 2 aromatic carbocycles. The highest BCUT2D eigenvalue weighted by Gasteiger charge is 2.18. The molecule has 6 nitrogen and oxygen atoms in total. The number of hydrazone groups is 1. The van der Waals surface area contributed by atoms with Crippen LogP contribution in [0.15, 0.2) is 47.6 Å². The summed E-state index contributed by atoms with van der Waals surface area (Å²) >= 11 is 3.94. The molecule has 1 N–H and O–H groups in total. The van der Waals surface area contributed by atoms with Gasteiger partial charge in [-0.05, 0) is 49.1 Å². The monoisotopic (exact) mass is 471 g/mol. The van der Waals surface area contributed by atoms with E-state index in [0.29, 0.717) is 10.3 Å². The molecule has 0 bridgehead atoms. The van der Waals surface area contributed by atoms with Crippen LogP contribution in [-0.2, 0) is 4.79 Å². The van der Waals surface area contributed by atoms with Crippen LogP contribution in [0, 0.1) is 0 Å². The van der Waals surface area contributed by atoms with Gasteiger partial charge in [-0.15, -0.1) is 23.5 Å². The zero-order chi connectivity index (χ0) is 22.2. The average molecular weight is 472 g/mol. The molecule has 0 aliphatic carbocycles. The number of methoxy groups -OCH3 is 1. The summed E-state index contributed by atoms with van der Waals surface area (Å²) in [6, 6.07) is 14.1. The number of anilines is 1. The Labute approximate surface area is 198 Å². The number of carbonyl (C=O) groups excluding carboxylic acids is 1. The van der Waals surface area contributed by atoms with Crippen LogP contribution in [-0.4, -0.2) is 50.4 Å². The van der Waals surface area contributed by atoms with Crippen molar-refractivity contribution in [3.8, 4) is 11.5 Å². The Morgan fingerprint density at radius 2 is 1.88 bits per heavy atom. The Morgan fingerprint density at radius 1 is 1.12 bits per heavy atom. The van der Waals surface area contributed by atoms with E-state index in [0.717, 1.165) is 30.1 Å². The van der Waals surface area contributed by atoms with E-state index in [2.05, 4.69) is 33.6 Å².